The van der Waals surface area contributed by atoms with Gasteiger partial charge in [-0.3, -0.25) is 9.59 Å². The SMILES string of the molecule is COc1ccc(NC(=O)C(C)Nc2ccc(NC(=O)C(C)(C)C)cc2)cc1. The van der Waals surface area contributed by atoms with Crippen molar-refractivity contribution in [3.8, 4) is 5.75 Å². The lowest BCUT2D eigenvalue weighted by Crippen LogP contribution is -2.31. The molecule has 0 aromatic heterocycles. The third-order valence-electron chi connectivity index (χ3n) is 3.96. The number of rotatable bonds is 6. The fourth-order valence-corrected chi connectivity index (χ4v) is 2.21. The van der Waals surface area contributed by atoms with E-state index < -0.39 is 11.5 Å². The fraction of sp³-hybridized carbons (Fsp3) is 0.333. The van der Waals surface area contributed by atoms with Crippen LogP contribution in [0, 0.1) is 5.41 Å². The molecule has 0 radical (unpaired) electrons. The lowest BCUT2D eigenvalue weighted by atomic mass is 9.95. The zero-order valence-electron chi connectivity index (χ0n) is 16.4. The standard InChI is InChI=1S/C21H27N3O3/c1-14(19(25)23-16-10-12-18(27-5)13-11-16)22-15-6-8-17(9-7-15)24-20(26)21(2,3)4/h6-14,22H,1-5H3,(H,23,25)(H,24,26). The van der Waals surface area contributed by atoms with Gasteiger partial charge in [-0.1, -0.05) is 20.8 Å². The van der Waals surface area contributed by atoms with Gasteiger partial charge in [0.2, 0.25) is 11.8 Å². The van der Waals surface area contributed by atoms with E-state index in [4.69, 9.17) is 4.74 Å². The normalized spacial score (nSPS) is 12.0. The molecule has 1 atom stereocenters. The summed E-state index contributed by atoms with van der Waals surface area (Å²) in [6, 6.07) is 14.0. The third-order valence-corrected chi connectivity index (χ3v) is 3.96. The van der Waals surface area contributed by atoms with Crippen molar-refractivity contribution in [2.24, 2.45) is 5.41 Å². The van der Waals surface area contributed by atoms with E-state index in [1.54, 1.807) is 50.4 Å². The van der Waals surface area contributed by atoms with E-state index in [2.05, 4.69) is 16.0 Å². The van der Waals surface area contributed by atoms with Gasteiger partial charge < -0.3 is 20.7 Å². The van der Waals surface area contributed by atoms with E-state index in [0.29, 0.717) is 5.69 Å². The first-order chi connectivity index (χ1) is 12.7. The van der Waals surface area contributed by atoms with Gasteiger partial charge in [-0.15, -0.1) is 0 Å². The van der Waals surface area contributed by atoms with Crippen molar-refractivity contribution in [3.05, 3.63) is 48.5 Å². The van der Waals surface area contributed by atoms with Crippen molar-refractivity contribution in [1.82, 2.24) is 0 Å². The molecule has 0 heterocycles. The molecule has 3 N–H and O–H groups in total. The Bertz CT molecular complexity index is 778. The monoisotopic (exact) mass is 369 g/mol. The van der Waals surface area contributed by atoms with Gasteiger partial charge in [-0.2, -0.15) is 0 Å². The summed E-state index contributed by atoms with van der Waals surface area (Å²) in [5, 5.41) is 8.87. The Morgan fingerprint density at radius 2 is 1.33 bits per heavy atom. The topological polar surface area (TPSA) is 79.5 Å². The molecule has 0 aliphatic rings. The zero-order valence-corrected chi connectivity index (χ0v) is 16.4. The predicted molar refractivity (Wildman–Crippen MR) is 109 cm³/mol. The van der Waals surface area contributed by atoms with Crippen LogP contribution in [-0.2, 0) is 9.59 Å². The molecule has 2 rings (SSSR count). The predicted octanol–water partition coefficient (Wildman–Crippen LogP) is 4.12. The van der Waals surface area contributed by atoms with Crippen LogP contribution in [0.2, 0.25) is 0 Å². The number of carbonyl (C=O) groups is 2. The number of hydrogen-bond acceptors (Lipinski definition) is 4. The smallest absolute Gasteiger partial charge is 0.246 e. The molecule has 0 fully saturated rings. The molecule has 0 aliphatic carbocycles. The second-order valence-corrected chi connectivity index (χ2v) is 7.37. The van der Waals surface area contributed by atoms with Gasteiger partial charge in [-0.05, 0) is 55.5 Å². The molecule has 27 heavy (non-hydrogen) atoms. The Labute approximate surface area is 160 Å². The van der Waals surface area contributed by atoms with Crippen LogP contribution in [0.4, 0.5) is 17.1 Å². The lowest BCUT2D eigenvalue weighted by Gasteiger charge is -2.18. The van der Waals surface area contributed by atoms with E-state index in [0.717, 1.165) is 17.1 Å². The van der Waals surface area contributed by atoms with Crippen molar-refractivity contribution in [3.63, 3.8) is 0 Å². The first-order valence-electron chi connectivity index (χ1n) is 8.82. The average molecular weight is 369 g/mol. The van der Waals surface area contributed by atoms with Crippen LogP contribution in [0.3, 0.4) is 0 Å². The summed E-state index contributed by atoms with van der Waals surface area (Å²) in [4.78, 5) is 24.3. The van der Waals surface area contributed by atoms with Gasteiger partial charge in [0, 0.05) is 22.5 Å². The first kappa shape index (κ1) is 20.3. The van der Waals surface area contributed by atoms with Gasteiger partial charge in [0.05, 0.1) is 7.11 Å². The zero-order chi connectivity index (χ0) is 20.0. The van der Waals surface area contributed by atoms with E-state index >= 15 is 0 Å². The summed E-state index contributed by atoms with van der Waals surface area (Å²) in [5.74, 6) is 0.540. The Morgan fingerprint density at radius 1 is 0.852 bits per heavy atom. The summed E-state index contributed by atoms with van der Waals surface area (Å²) in [6.07, 6.45) is 0. The molecule has 0 saturated carbocycles. The summed E-state index contributed by atoms with van der Waals surface area (Å²) in [7, 11) is 1.60. The molecular formula is C21H27N3O3. The molecule has 144 valence electrons. The van der Waals surface area contributed by atoms with Crippen molar-refractivity contribution in [2.75, 3.05) is 23.1 Å². The molecule has 6 heteroatoms. The molecule has 2 aromatic carbocycles. The Hall–Kier alpha value is -3.02. The molecule has 0 aliphatic heterocycles. The van der Waals surface area contributed by atoms with Crippen molar-refractivity contribution >= 4 is 28.9 Å². The average Bonchev–Trinajstić information content (AvgIpc) is 2.63. The van der Waals surface area contributed by atoms with Crippen LogP contribution >= 0.6 is 0 Å². The summed E-state index contributed by atoms with van der Waals surface area (Å²) >= 11 is 0. The minimum absolute atomic E-state index is 0.0459. The third kappa shape index (κ3) is 6.02. The van der Waals surface area contributed by atoms with Gasteiger partial charge in [0.15, 0.2) is 0 Å². The summed E-state index contributed by atoms with van der Waals surface area (Å²) < 4.78 is 5.10. The maximum Gasteiger partial charge on any atom is 0.246 e. The van der Waals surface area contributed by atoms with Crippen molar-refractivity contribution in [2.45, 2.75) is 33.7 Å². The van der Waals surface area contributed by atoms with E-state index in [-0.39, 0.29) is 11.8 Å². The first-order valence-corrected chi connectivity index (χ1v) is 8.82. The number of amides is 2. The van der Waals surface area contributed by atoms with Crippen LogP contribution in [0.5, 0.6) is 5.75 Å². The minimum Gasteiger partial charge on any atom is -0.497 e. The maximum absolute atomic E-state index is 12.3. The minimum atomic E-state index is -0.453. The van der Waals surface area contributed by atoms with Crippen LogP contribution < -0.4 is 20.7 Å². The van der Waals surface area contributed by atoms with Gasteiger partial charge in [0.25, 0.3) is 0 Å². The largest absolute Gasteiger partial charge is 0.497 e. The van der Waals surface area contributed by atoms with Crippen molar-refractivity contribution in [1.29, 1.82) is 0 Å². The molecule has 6 nitrogen and oxygen atoms in total. The van der Waals surface area contributed by atoms with Gasteiger partial charge in [0.1, 0.15) is 11.8 Å². The summed E-state index contributed by atoms with van der Waals surface area (Å²) in [6.45, 7) is 7.37. The van der Waals surface area contributed by atoms with Crippen molar-refractivity contribution < 1.29 is 14.3 Å². The molecule has 2 aromatic rings. The fourth-order valence-electron chi connectivity index (χ4n) is 2.21. The molecule has 0 spiro atoms. The highest BCUT2D eigenvalue weighted by molar-refractivity contribution is 5.96. The number of benzene rings is 2. The Morgan fingerprint density at radius 3 is 1.85 bits per heavy atom. The van der Waals surface area contributed by atoms with Crippen LogP contribution in [0.1, 0.15) is 27.7 Å². The number of methoxy groups -OCH3 is 1. The quantitative estimate of drug-likeness (QED) is 0.716. The number of hydrogen-bond donors (Lipinski definition) is 3. The highest BCUT2D eigenvalue weighted by Crippen LogP contribution is 2.20. The van der Waals surface area contributed by atoms with E-state index in [1.165, 1.54) is 0 Å². The summed E-state index contributed by atoms with van der Waals surface area (Å²) in [5.41, 5.74) is 1.76. The second-order valence-electron chi connectivity index (χ2n) is 7.37. The van der Waals surface area contributed by atoms with Crippen LogP contribution in [0.15, 0.2) is 48.5 Å². The molecular weight excluding hydrogens is 342 g/mol. The number of carbonyl (C=O) groups excluding carboxylic acids is 2. The van der Waals surface area contributed by atoms with E-state index in [9.17, 15) is 9.59 Å². The number of anilines is 3. The highest BCUT2D eigenvalue weighted by atomic mass is 16.5. The Kier molecular flexibility index (Phi) is 6.45. The Balaban J connectivity index is 1.91. The molecule has 0 bridgehead atoms. The molecule has 2 amide bonds. The highest BCUT2D eigenvalue weighted by Gasteiger charge is 2.21. The maximum atomic E-state index is 12.3. The number of nitrogens with one attached hydrogen (secondary N) is 3. The number of ether oxygens (including phenoxy) is 1. The lowest BCUT2D eigenvalue weighted by molar-refractivity contribution is -0.123. The van der Waals surface area contributed by atoms with E-state index in [1.807, 2.05) is 32.9 Å². The van der Waals surface area contributed by atoms with Crippen LogP contribution in [-0.4, -0.2) is 25.0 Å². The van der Waals surface area contributed by atoms with Gasteiger partial charge in [-0.25, -0.2) is 0 Å². The molecule has 1 unspecified atom stereocenters. The molecule has 0 saturated heterocycles. The second kappa shape index (κ2) is 8.58. The van der Waals surface area contributed by atoms with Gasteiger partial charge >= 0.3 is 0 Å². The van der Waals surface area contributed by atoms with Crippen LogP contribution in [0.25, 0.3) is 0 Å².